The van der Waals surface area contributed by atoms with E-state index in [-0.39, 0.29) is 0 Å². The van der Waals surface area contributed by atoms with Gasteiger partial charge in [-0.05, 0) is 39.7 Å². The molecule has 0 unspecified atom stereocenters. The van der Waals surface area contributed by atoms with E-state index in [1.54, 1.807) is 0 Å². The summed E-state index contributed by atoms with van der Waals surface area (Å²) in [5, 5.41) is 0. The van der Waals surface area contributed by atoms with Crippen LogP contribution in [0.15, 0.2) is 23.8 Å². The van der Waals surface area contributed by atoms with Gasteiger partial charge in [0.15, 0.2) is 0 Å². The lowest BCUT2D eigenvalue weighted by Gasteiger charge is -2.03. The van der Waals surface area contributed by atoms with E-state index in [1.807, 2.05) is 0 Å². The first-order valence-electron chi connectivity index (χ1n) is 4.19. The van der Waals surface area contributed by atoms with Crippen molar-refractivity contribution in [2.75, 3.05) is 6.54 Å². The molecule has 0 fully saturated rings. The molecule has 0 aromatic rings. The van der Waals surface area contributed by atoms with Crippen molar-refractivity contribution in [3.05, 3.63) is 23.8 Å². The highest BCUT2D eigenvalue weighted by molar-refractivity contribution is 5.02. The second-order valence-corrected chi connectivity index (χ2v) is 2.92. The first kappa shape index (κ1) is 10.4. The minimum absolute atomic E-state index is 0.730. The number of hydrogen-bond acceptors (Lipinski definition) is 1. The van der Waals surface area contributed by atoms with Gasteiger partial charge >= 0.3 is 0 Å². The monoisotopic (exact) mass is 153 g/mol. The van der Waals surface area contributed by atoms with Gasteiger partial charge in [0.05, 0.1) is 0 Å². The Balaban J connectivity index is 3.46. The van der Waals surface area contributed by atoms with Crippen LogP contribution < -0.4 is 5.73 Å². The average molecular weight is 153 g/mol. The van der Waals surface area contributed by atoms with Crippen LogP contribution >= 0.6 is 0 Å². The normalized spacial score (nSPS) is 11.7. The molecule has 0 saturated heterocycles. The van der Waals surface area contributed by atoms with Crippen LogP contribution in [0.1, 0.15) is 33.1 Å². The van der Waals surface area contributed by atoms with E-state index in [0.29, 0.717) is 0 Å². The molecule has 0 spiro atoms. The van der Waals surface area contributed by atoms with E-state index in [1.165, 1.54) is 11.1 Å². The second kappa shape index (κ2) is 6.17. The van der Waals surface area contributed by atoms with Crippen molar-refractivity contribution in [1.29, 1.82) is 0 Å². The zero-order valence-electron chi connectivity index (χ0n) is 7.69. The third-order valence-corrected chi connectivity index (χ3v) is 1.86. The largest absolute Gasteiger partial charge is 0.330 e. The summed E-state index contributed by atoms with van der Waals surface area (Å²) >= 11 is 0. The molecule has 0 amide bonds. The number of nitrogens with two attached hydrogens (primary N) is 1. The Hall–Kier alpha value is -0.560. The molecule has 0 aliphatic carbocycles. The van der Waals surface area contributed by atoms with Crippen LogP contribution in [0, 0.1) is 0 Å². The zero-order valence-corrected chi connectivity index (χ0v) is 7.69. The topological polar surface area (TPSA) is 26.0 Å². The van der Waals surface area contributed by atoms with Gasteiger partial charge in [-0.15, -0.1) is 0 Å². The first-order chi connectivity index (χ1) is 5.20. The fourth-order valence-corrected chi connectivity index (χ4v) is 0.847. The molecule has 2 N–H and O–H groups in total. The molecule has 0 bridgehead atoms. The van der Waals surface area contributed by atoms with E-state index in [9.17, 15) is 0 Å². The van der Waals surface area contributed by atoms with Gasteiger partial charge < -0.3 is 5.73 Å². The van der Waals surface area contributed by atoms with Gasteiger partial charge in [-0.2, -0.15) is 0 Å². The molecular weight excluding hydrogens is 134 g/mol. The van der Waals surface area contributed by atoms with Crippen LogP contribution in [0.2, 0.25) is 0 Å². The van der Waals surface area contributed by atoms with Crippen molar-refractivity contribution in [3.63, 3.8) is 0 Å². The molecule has 11 heavy (non-hydrogen) atoms. The summed E-state index contributed by atoms with van der Waals surface area (Å²) < 4.78 is 0. The van der Waals surface area contributed by atoms with Gasteiger partial charge in [0.25, 0.3) is 0 Å². The highest BCUT2D eigenvalue weighted by atomic mass is 14.5. The fraction of sp³-hybridized carbons (Fsp3) is 0.600. The van der Waals surface area contributed by atoms with Crippen molar-refractivity contribution in [2.24, 2.45) is 5.73 Å². The summed E-state index contributed by atoms with van der Waals surface area (Å²) in [6.07, 6.45) is 5.34. The Morgan fingerprint density at radius 2 is 2.00 bits per heavy atom. The quantitative estimate of drug-likeness (QED) is 0.604. The number of hydrogen-bond donors (Lipinski definition) is 1. The van der Waals surface area contributed by atoms with E-state index in [0.717, 1.165) is 25.8 Å². The summed E-state index contributed by atoms with van der Waals surface area (Å²) in [4.78, 5) is 0. The summed E-state index contributed by atoms with van der Waals surface area (Å²) in [5.74, 6) is 0. The third kappa shape index (κ3) is 5.86. The highest BCUT2D eigenvalue weighted by Crippen LogP contribution is 2.11. The lowest BCUT2D eigenvalue weighted by molar-refractivity contribution is 0.839. The molecule has 0 aliphatic rings. The Labute approximate surface area is 70.0 Å². The Morgan fingerprint density at radius 3 is 2.45 bits per heavy atom. The second-order valence-electron chi connectivity index (χ2n) is 2.92. The fourth-order valence-electron chi connectivity index (χ4n) is 0.847. The third-order valence-electron chi connectivity index (χ3n) is 1.86. The van der Waals surface area contributed by atoms with Gasteiger partial charge in [0, 0.05) is 0 Å². The van der Waals surface area contributed by atoms with Crippen LogP contribution in [0.4, 0.5) is 0 Å². The standard InChI is InChI=1S/C10H19N/c1-4-9(2)5-6-10(3)7-8-11/h4H,3,5-8,11H2,1-2H3/b9-4-. The molecule has 0 atom stereocenters. The van der Waals surface area contributed by atoms with Crippen LogP contribution in [0.25, 0.3) is 0 Å². The lowest BCUT2D eigenvalue weighted by atomic mass is 10.0. The SMILES string of the molecule is C=C(CCN)CC/C(C)=C\C. The van der Waals surface area contributed by atoms with Crippen LogP contribution in [0.5, 0.6) is 0 Å². The molecular formula is C10H19N. The maximum Gasteiger partial charge on any atom is -0.00400 e. The highest BCUT2D eigenvalue weighted by Gasteiger charge is 1.93. The first-order valence-corrected chi connectivity index (χ1v) is 4.19. The van der Waals surface area contributed by atoms with E-state index in [4.69, 9.17) is 5.73 Å². The van der Waals surface area contributed by atoms with Gasteiger partial charge in [-0.25, -0.2) is 0 Å². The minimum Gasteiger partial charge on any atom is -0.330 e. The van der Waals surface area contributed by atoms with Crippen molar-refractivity contribution in [3.8, 4) is 0 Å². The van der Waals surface area contributed by atoms with Crippen molar-refractivity contribution >= 4 is 0 Å². The molecule has 0 aromatic heterocycles. The van der Waals surface area contributed by atoms with Crippen LogP contribution in [-0.2, 0) is 0 Å². The molecule has 0 radical (unpaired) electrons. The average Bonchev–Trinajstić information content (AvgIpc) is 2.01. The van der Waals surface area contributed by atoms with Gasteiger partial charge in [-0.3, -0.25) is 0 Å². The molecule has 0 heterocycles. The van der Waals surface area contributed by atoms with Crippen molar-refractivity contribution in [1.82, 2.24) is 0 Å². The Morgan fingerprint density at radius 1 is 1.36 bits per heavy atom. The minimum atomic E-state index is 0.730. The van der Waals surface area contributed by atoms with Crippen molar-refractivity contribution < 1.29 is 0 Å². The van der Waals surface area contributed by atoms with Gasteiger partial charge in [-0.1, -0.05) is 23.8 Å². The summed E-state index contributed by atoms with van der Waals surface area (Å²) in [6, 6.07) is 0. The molecule has 0 aromatic carbocycles. The van der Waals surface area contributed by atoms with E-state index < -0.39 is 0 Å². The predicted molar refractivity (Wildman–Crippen MR) is 51.5 cm³/mol. The molecule has 0 aliphatic heterocycles. The smallest absolute Gasteiger partial charge is 0.00400 e. The Kier molecular flexibility index (Phi) is 5.86. The molecule has 0 rings (SSSR count). The summed E-state index contributed by atoms with van der Waals surface area (Å²) in [7, 11) is 0. The number of rotatable bonds is 5. The Bertz CT molecular complexity index is 145. The molecule has 1 heteroatoms. The zero-order chi connectivity index (χ0) is 8.69. The van der Waals surface area contributed by atoms with E-state index >= 15 is 0 Å². The van der Waals surface area contributed by atoms with Crippen LogP contribution in [-0.4, -0.2) is 6.54 Å². The summed E-state index contributed by atoms with van der Waals surface area (Å²) in [6.45, 7) is 8.89. The molecule has 1 nitrogen and oxygen atoms in total. The predicted octanol–water partition coefficient (Wildman–Crippen LogP) is 2.64. The van der Waals surface area contributed by atoms with E-state index in [2.05, 4.69) is 26.5 Å². The number of allylic oxidation sites excluding steroid dienone is 2. The molecule has 64 valence electrons. The van der Waals surface area contributed by atoms with Gasteiger partial charge in [0.1, 0.15) is 0 Å². The maximum atomic E-state index is 5.39. The molecule has 0 saturated carbocycles. The summed E-state index contributed by atoms with van der Waals surface area (Å²) in [5.41, 5.74) is 8.10. The van der Waals surface area contributed by atoms with Crippen LogP contribution in [0.3, 0.4) is 0 Å². The van der Waals surface area contributed by atoms with Gasteiger partial charge in [0.2, 0.25) is 0 Å². The lowest BCUT2D eigenvalue weighted by Crippen LogP contribution is -1.99. The maximum absolute atomic E-state index is 5.39. The van der Waals surface area contributed by atoms with Crippen molar-refractivity contribution in [2.45, 2.75) is 33.1 Å².